The number of carbonyl (C=O) groups is 1. The number of hydrogen-bond donors (Lipinski definition) is 1. The Kier molecular flexibility index (Phi) is 4.46. The average Bonchev–Trinajstić information content (AvgIpc) is 2.84. The van der Waals surface area contributed by atoms with Crippen LogP contribution < -0.4 is 0 Å². The lowest BCUT2D eigenvalue weighted by molar-refractivity contribution is 0.0281. The molecule has 1 amide bonds. The van der Waals surface area contributed by atoms with Crippen molar-refractivity contribution in [2.45, 2.75) is 50.4 Å². The number of hydrogen-bond acceptors (Lipinski definition) is 3. The third-order valence-corrected chi connectivity index (χ3v) is 6.17. The standard InChI is InChI=1S/C19H27N3O2/c23-19(24)21-10-8-20(9-11-21)18-12-16-6-7-17(13-18)22(16)14-15-4-2-1-3-5-15/h1-5,16-18H,6-14H2,(H,23,24). The molecule has 5 heteroatoms. The molecule has 3 saturated heterocycles. The summed E-state index contributed by atoms with van der Waals surface area (Å²) >= 11 is 0. The fourth-order valence-electron chi connectivity index (χ4n) is 4.87. The molecule has 2 atom stereocenters. The molecule has 0 aliphatic carbocycles. The van der Waals surface area contributed by atoms with Gasteiger partial charge in [-0.15, -0.1) is 0 Å². The lowest BCUT2D eigenvalue weighted by Gasteiger charge is -2.45. The summed E-state index contributed by atoms with van der Waals surface area (Å²) in [6.07, 6.45) is 4.37. The van der Waals surface area contributed by atoms with Gasteiger partial charge in [0.1, 0.15) is 0 Å². The summed E-state index contributed by atoms with van der Waals surface area (Å²) in [5.74, 6) is 0. The second-order valence-electron chi connectivity index (χ2n) is 7.47. The SMILES string of the molecule is O=C(O)N1CCN(C2CC3CCC(C2)N3Cc2ccccc2)CC1. The van der Waals surface area contributed by atoms with E-state index < -0.39 is 6.09 Å². The fourth-order valence-corrected chi connectivity index (χ4v) is 4.87. The molecule has 3 aliphatic heterocycles. The van der Waals surface area contributed by atoms with E-state index in [2.05, 4.69) is 40.1 Å². The maximum absolute atomic E-state index is 11.1. The molecule has 0 aromatic heterocycles. The highest BCUT2D eigenvalue weighted by Crippen LogP contribution is 2.38. The van der Waals surface area contributed by atoms with Gasteiger partial charge in [0.15, 0.2) is 0 Å². The third kappa shape index (κ3) is 3.15. The third-order valence-electron chi connectivity index (χ3n) is 6.17. The van der Waals surface area contributed by atoms with Gasteiger partial charge in [-0.25, -0.2) is 4.79 Å². The Morgan fingerprint density at radius 3 is 2.17 bits per heavy atom. The predicted octanol–water partition coefficient (Wildman–Crippen LogP) is 2.48. The molecule has 1 aromatic carbocycles. The minimum absolute atomic E-state index is 0.644. The highest BCUT2D eigenvalue weighted by Gasteiger charge is 2.42. The normalized spacial score (nSPS) is 31.3. The van der Waals surface area contributed by atoms with Crippen molar-refractivity contribution in [1.29, 1.82) is 0 Å². The van der Waals surface area contributed by atoms with Crippen LogP contribution in [-0.4, -0.2) is 70.2 Å². The van der Waals surface area contributed by atoms with Gasteiger partial charge in [-0.05, 0) is 31.2 Å². The summed E-state index contributed by atoms with van der Waals surface area (Å²) in [6.45, 7) is 4.20. The molecule has 2 unspecified atom stereocenters. The Morgan fingerprint density at radius 1 is 0.958 bits per heavy atom. The van der Waals surface area contributed by atoms with E-state index in [1.54, 1.807) is 4.90 Å². The molecular weight excluding hydrogens is 302 g/mol. The molecule has 5 nitrogen and oxygen atoms in total. The summed E-state index contributed by atoms with van der Waals surface area (Å²) in [5.41, 5.74) is 1.42. The Morgan fingerprint density at radius 2 is 1.58 bits per heavy atom. The van der Waals surface area contributed by atoms with Crippen molar-refractivity contribution in [3.8, 4) is 0 Å². The Bertz CT molecular complexity index is 557. The van der Waals surface area contributed by atoms with Crippen LogP contribution in [0.5, 0.6) is 0 Å². The quantitative estimate of drug-likeness (QED) is 0.925. The van der Waals surface area contributed by atoms with Crippen LogP contribution in [0.1, 0.15) is 31.2 Å². The summed E-state index contributed by atoms with van der Waals surface area (Å²) in [6, 6.07) is 12.9. The molecule has 4 rings (SSSR count). The maximum atomic E-state index is 11.1. The molecule has 1 aromatic rings. The van der Waals surface area contributed by atoms with E-state index in [0.717, 1.165) is 19.6 Å². The molecule has 3 aliphatic rings. The zero-order valence-electron chi connectivity index (χ0n) is 14.2. The van der Waals surface area contributed by atoms with Gasteiger partial charge < -0.3 is 10.0 Å². The van der Waals surface area contributed by atoms with Gasteiger partial charge in [0, 0.05) is 50.8 Å². The summed E-state index contributed by atoms with van der Waals surface area (Å²) < 4.78 is 0. The molecule has 1 N–H and O–H groups in total. The zero-order valence-corrected chi connectivity index (χ0v) is 14.2. The van der Waals surface area contributed by atoms with E-state index in [1.807, 2.05) is 0 Å². The minimum Gasteiger partial charge on any atom is -0.465 e. The van der Waals surface area contributed by atoms with E-state index in [4.69, 9.17) is 5.11 Å². The lowest BCUT2D eigenvalue weighted by atomic mass is 9.94. The number of carboxylic acid groups (broad SMARTS) is 1. The van der Waals surface area contributed by atoms with Gasteiger partial charge in [-0.1, -0.05) is 30.3 Å². The first-order valence-corrected chi connectivity index (χ1v) is 9.22. The zero-order chi connectivity index (χ0) is 16.5. The Labute approximate surface area is 143 Å². The first kappa shape index (κ1) is 15.9. The van der Waals surface area contributed by atoms with Crippen molar-refractivity contribution in [2.24, 2.45) is 0 Å². The smallest absolute Gasteiger partial charge is 0.407 e. The van der Waals surface area contributed by atoms with E-state index in [1.165, 1.54) is 31.2 Å². The number of piperidine rings is 1. The molecule has 0 radical (unpaired) electrons. The van der Waals surface area contributed by atoms with E-state index >= 15 is 0 Å². The number of benzene rings is 1. The van der Waals surface area contributed by atoms with Crippen LogP contribution in [0.3, 0.4) is 0 Å². The number of nitrogens with zero attached hydrogens (tertiary/aromatic N) is 3. The van der Waals surface area contributed by atoms with Gasteiger partial charge >= 0.3 is 6.09 Å². The van der Waals surface area contributed by atoms with Crippen LogP contribution in [0.4, 0.5) is 4.79 Å². The number of amides is 1. The van der Waals surface area contributed by atoms with Crippen molar-refractivity contribution in [1.82, 2.24) is 14.7 Å². The predicted molar refractivity (Wildman–Crippen MR) is 93.0 cm³/mol. The summed E-state index contributed by atoms with van der Waals surface area (Å²) in [5, 5.41) is 9.10. The lowest BCUT2D eigenvalue weighted by Crippen LogP contribution is -2.56. The van der Waals surface area contributed by atoms with Crippen molar-refractivity contribution in [3.63, 3.8) is 0 Å². The molecule has 0 spiro atoms. The molecule has 3 heterocycles. The second-order valence-corrected chi connectivity index (χ2v) is 7.47. The van der Waals surface area contributed by atoms with Crippen LogP contribution in [0.25, 0.3) is 0 Å². The summed E-state index contributed by atoms with van der Waals surface area (Å²) in [4.78, 5) is 17.9. The van der Waals surface area contributed by atoms with Crippen molar-refractivity contribution >= 4 is 6.09 Å². The molecule has 130 valence electrons. The van der Waals surface area contributed by atoms with Crippen LogP contribution in [-0.2, 0) is 6.54 Å². The first-order chi connectivity index (χ1) is 11.7. The minimum atomic E-state index is -0.771. The van der Waals surface area contributed by atoms with Gasteiger partial charge in [-0.3, -0.25) is 9.80 Å². The maximum Gasteiger partial charge on any atom is 0.407 e. The topological polar surface area (TPSA) is 47.0 Å². The first-order valence-electron chi connectivity index (χ1n) is 9.22. The monoisotopic (exact) mass is 329 g/mol. The van der Waals surface area contributed by atoms with E-state index in [0.29, 0.717) is 31.2 Å². The van der Waals surface area contributed by atoms with Crippen molar-refractivity contribution in [3.05, 3.63) is 35.9 Å². The van der Waals surface area contributed by atoms with Crippen molar-refractivity contribution < 1.29 is 9.90 Å². The molecule has 24 heavy (non-hydrogen) atoms. The van der Waals surface area contributed by atoms with Gasteiger partial charge in [0.2, 0.25) is 0 Å². The van der Waals surface area contributed by atoms with Crippen molar-refractivity contribution in [2.75, 3.05) is 26.2 Å². The molecule has 2 bridgehead atoms. The van der Waals surface area contributed by atoms with Gasteiger partial charge in [0.05, 0.1) is 0 Å². The molecule has 0 saturated carbocycles. The summed E-state index contributed by atoms with van der Waals surface area (Å²) in [7, 11) is 0. The number of fused-ring (bicyclic) bond motifs is 2. The van der Waals surface area contributed by atoms with Crippen LogP contribution in [0, 0.1) is 0 Å². The van der Waals surface area contributed by atoms with Crippen LogP contribution in [0.15, 0.2) is 30.3 Å². The Hall–Kier alpha value is -1.59. The van der Waals surface area contributed by atoms with Gasteiger partial charge in [-0.2, -0.15) is 0 Å². The van der Waals surface area contributed by atoms with Gasteiger partial charge in [0.25, 0.3) is 0 Å². The highest BCUT2D eigenvalue weighted by molar-refractivity contribution is 5.65. The highest BCUT2D eigenvalue weighted by atomic mass is 16.4. The number of piperazine rings is 1. The molecular formula is C19H27N3O2. The van der Waals surface area contributed by atoms with E-state index in [-0.39, 0.29) is 0 Å². The van der Waals surface area contributed by atoms with E-state index in [9.17, 15) is 4.79 Å². The fraction of sp³-hybridized carbons (Fsp3) is 0.632. The van der Waals surface area contributed by atoms with Crippen LogP contribution in [0.2, 0.25) is 0 Å². The number of rotatable bonds is 3. The largest absolute Gasteiger partial charge is 0.465 e. The van der Waals surface area contributed by atoms with Crippen LogP contribution >= 0.6 is 0 Å². The Balaban J connectivity index is 1.36. The second kappa shape index (κ2) is 6.73. The molecule has 3 fully saturated rings. The average molecular weight is 329 g/mol.